The van der Waals surface area contributed by atoms with Crippen molar-refractivity contribution in [2.45, 2.75) is 72.9 Å². The van der Waals surface area contributed by atoms with Gasteiger partial charge in [-0.1, -0.05) is 0 Å². The Morgan fingerprint density at radius 1 is 0.300 bits per heavy atom. The number of rotatable bonds is 0. The molecule has 0 radical (unpaired) electrons. The third kappa shape index (κ3) is 4.51. The van der Waals surface area contributed by atoms with Crippen LogP contribution in [-0.2, 0) is 28.4 Å². The standard InChI is InChI=1S/3C6H12N2O2/c3*7-3-1-9-6-4(8)2-10-5(3)6/h3*3-6H,1-2,7-8H2/t3-,4?,5?,6?;3-,4-,5?,6?;/m11./s1. The largest absolute Gasteiger partial charge is 0.372 e. The highest BCUT2D eigenvalue weighted by atomic mass is 16.6. The van der Waals surface area contributed by atoms with Crippen LogP contribution in [0.3, 0.4) is 0 Å². The van der Waals surface area contributed by atoms with E-state index in [4.69, 9.17) is 62.8 Å². The lowest BCUT2D eigenvalue weighted by Crippen LogP contribution is -2.39. The minimum atomic E-state index is 0.0264. The smallest absolute Gasteiger partial charge is 0.103 e. The van der Waals surface area contributed by atoms with Crippen molar-refractivity contribution in [2.75, 3.05) is 39.6 Å². The number of ether oxygens (including phenoxy) is 6. The van der Waals surface area contributed by atoms with Crippen molar-refractivity contribution in [1.29, 1.82) is 0 Å². The number of fused-ring (bicyclic) bond motifs is 3. The highest BCUT2D eigenvalue weighted by Gasteiger charge is 2.46. The number of nitrogens with two attached hydrogens (primary N) is 6. The lowest BCUT2D eigenvalue weighted by atomic mass is 10.1. The van der Waals surface area contributed by atoms with Crippen LogP contribution in [0, 0.1) is 0 Å². The van der Waals surface area contributed by atoms with Crippen LogP contribution in [0.2, 0.25) is 0 Å². The van der Waals surface area contributed by atoms with Gasteiger partial charge in [-0.3, -0.25) is 0 Å². The van der Waals surface area contributed by atoms with Crippen LogP contribution in [0.1, 0.15) is 0 Å². The van der Waals surface area contributed by atoms with Crippen LogP contribution in [0.4, 0.5) is 0 Å². The van der Waals surface area contributed by atoms with Gasteiger partial charge in [0, 0.05) is 0 Å². The number of hydrogen-bond donors (Lipinski definition) is 6. The fourth-order valence-electron chi connectivity index (χ4n) is 4.67. The van der Waals surface area contributed by atoms with Gasteiger partial charge < -0.3 is 62.8 Å². The summed E-state index contributed by atoms with van der Waals surface area (Å²) in [5, 5.41) is 0. The molecule has 6 heterocycles. The van der Waals surface area contributed by atoms with Gasteiger partial charge in [-0.15, -0.1) is 0 Å². The summed E-state index contributed by atoms with van der Waals surface area (Å²) in [6.45, 7) is 3.52. The Balaban J connectivity index is 0.000000109. The molecule has 0 saturated carbocycles. The van der Waals surface area contributed by atoms with Crippen LogP contribution in [-0.4, -0.2) is 113 Å². The summed E-state index contributed by atoms with van der Waals surface area (Å²) in [4.78, 5) is 0. The van der Waals surface area contributed by atoms with Crippen LogP contribution in [0.15, 0.2) is 0 Å². The van der Waals surface area contributed by atoms with Gasteiger partial charge in [-0.2, -0.15) is 0 Å². The van der Waals surface area contributed by atoms with E-state index >= 15 is 0 Å². The summed E-state index contributed by atoms with van der Waals surface area (Å²) in [6, 6.07) is 0.159. The molecular formula is C18H36N6O6. The molecule has 6 aliphatic rings. The van der Waals surface area contributed by atoms with E-state index in [0.29, 0.717) is 39.6 Å². The molecule has 0 spiro atoms. The van der Waals surface area contributed by atoms with E-state index in [1.54, 1.807) is 0 Å². The Bertz CT molecular complexity index is 453. The lowest BCUT2D eigenvalue weighted by molar-refractivity contribution is 0.0691. The van der Waals surface area contributed by atoms with Crippen LogP contribution in [0.5, 0.6) is 0 Å². The predicted octanol–water partition coefficient (Wildman–Crippen LogP) is -4.68. The maximum Gasteiger partial charge on any atom is 0.103 e. The van der Waals surface area contributed by atoms with E-state index in [1.807, 2.05) is 0 Å². The highest BCUT2D eigenvalue weighted by molar-refractivity contribution is 4.99. The summed E-state index contributed by atoms with van der Waals surface area (Å²) >= 11 is 0. The average Bonchev–Trinajstić information content (AvgIpc) is 3.52. The molecule has 0 aromatic heterocycles. The molecule has 30 heavy (non-hydrogen) atoms. The van der Waals surface area contributed by atoms with Gasteiger partial charge >= 0.3 is 0 Å². The number of hydrogen-bond acceptors (Lipinski definition) is 12. The van der Waals surface area contributed by atoms with E-state index in [9.17, 15) is 0 Å². The minimum absolute atomic E-state index is 0.0264. The third-order valence-electron chi connectivity index (χ3n) is 6.39. The van der Waals surface area contributed by atoms with Crippen LogP contribution < -0.4 is 34.4 Å². The summed E-state index contributed by atoms with van der Waals surface area (Å²) < 4.78 is 32.0. The van der Waals surface area contributed by atoms with Gasteiger partial charge in [0.05, 0.1) is 75.9 Å². The van der Waals surface area contributed by atoms with Gasteiger partial charge in [0.15, 0.2) is 0 Å². The van der Waals surface area contributed by atoms with Crippen LogP contribution >= 0.6 is 0 Å². The van der Waals surface area contributed by atoms with Gasteiger partial charge in [-0.05, 0) is 0 Å². The molecule has 0 aromatic rings. The molecule has 0 aliphatic carbocycles. The minimum Gasteiger partial charge on any atom is -0.372 e. The molecule has 6 rings (SSSR count). The fraction of sp³-hybridized carbons (Fsp3) is 1.00. The second kappa shape index (κ2) is 9.57. The summed E-state index contributed by atoms with van der Waals surface area (Å²) in [7, 11) is 0. The topological polar surface area (TPSA) is 212 Å². The lowest BCUT2D eigenvalue weighted by Gasteiger charge is -2.10. The van der Waals surface area contributed by atoms with Gasteiger partial charge in [0.25, 0.3) is 0 Å². The van der Waals surface area contributed by atoms with Crippen molar-refractivity contribution in [3.8, 4) is 0 Å². The SMILES string of the molecule is NC1COC2C(N)COC12.NC1COC2C1OC[C@H]2N.N[C@@H]1COC2C1OC[C@H]2N. The second-order valence-electron chi connectivity index (χ2n) is 8.77. The molecule has 6 saturated heterocycles. The molecule has 0 amide bonds. The molecule has 9 unspecified atom stereocenters. The maximum absolute atomic E-state index is 5.68. The van der Waals surface area contributed by atoms with Crippen LogP contribution in [0.25, 0.3) is 0 Å². The van der Waals surface area contributed by atoms with Crippen molar-refractivity contribution >= 4 is 0 Å². The Labute approximate surface area is 176 Å². The second-order valence-corrected chi connectivity index (χ2v) is 8.77. The molecule has 6 fully saturated rings. The van der Waals surface area contributed by atoms with E-state index in [-0.39, 0.29) is 72.9 Å². The molecule has 12 nitrogen and oxygen atoms in total. The van der Waals surface area contributed by atoms with Gasteiger partial charge in [0.2, 0.25) is 0 Å². The Morgan fingerprint density at radius 3 is 0.567 bits per heavy atom. The third-order valence-corrected chi connectivity index (χ3v) is 6.39. The van der Waals surface area contributed by atoms with Crippen molar-refractivity contribution < 1.29 is 28.4 Å². The first-order valence-corrected chi connectivity index (χ1v) is 10.6. The average molecular weight is 433 g/mol. The van der Waals surface area contributed by atoms with E-state index in [2.05, 4.69) is 0 Å². The molecule has 12 atom stereocenters. The first-order valence-electron chi connectivity index (χ1n) is 10.6. The first kappa shape index (κ1) is 22.7. The summed E-state index contributed by atoms with van der Waals surface area (Å²) in [5.74, 6) is 0. The summed E-state index contributed by atoms with van der Waals surface area (Å²) in [5.41, 5.74) is 34.1. The highest BCUT2D eigenvalue weighted by Crippen LogP contribution is 2.26. The Morgan fingerprint density at radius 2 is 0.433 bits per heavy atom. The molecule has 6 aliphatic heterocycles. The van der Waals surface area contributed by atoms with Crippen molar-refractivity contribution in [3.05, 3.63) is 0 Å². The Hall–Kier alpha value is -0.480. The van der Waals surface area contributed by atoms with Crippen molar-refractivity contribution in [2.24, 2.45) is 34.4 Å². The quantitative estimate of drug-likeness (QED) is 0.213. The fourth-order valence-corrected chi connectivity index (χ4v) is 4.67. The molecule has 174 valence electrons. The van der Waals surface area contributed by atoms with E-state index in [1.165, 1.54) is 0 Å². The molecule has 12 heteroatoms. The monoisotopic (exact) mass is 432 g/mol. The van der Waals surface area contributed by atoms with E-state index in [0.717, 1.165) is 0 Å². The molecule has 0 aromatic carbocycles. The predicted molar refractivity (Wildman–Crippen MR) is 106 cm³/mol. The Kier molecular flexibility index (Phi) is 7.24. The van der Waals surface area contributed by atoms with Crippen molar-refractivity contribution in [3.63, 3.8) is 0 Å². The first-order chi connectivity index (χ1) is 14.4. The van der Waals surface area contributed by atoms with E-state index < -0.39 is 0 Å². The maximum atomic E-state index is 5.68. The normalized spacial score (nSPS) is 53.4. The summed E-state index contributed by atoms with van der Waals surface area (Å²) in [6.07, 6.45) is 0.306. The zero-order valence-corrected chi connectivity index (χ0v) is 17.1. The van der Waals surface area contributed by atoms with Gasteiger partial charge in [0.1, 0.15) is 36.6 Å². The molecular weight excluding hydrogens is 396 g/mol. The molecule has 12 N–H and O–H groups in total. The zero-order valence-electron chi connectivity index (χ0n) is 17.1. The zero-order chi connectivity index (χ0) is 21.4. The van der Waals surface area contributed by atoms with Crippen molar-refractivity contribution in [1.82, 2.24) is 0 Å². The molecule has 0 bridgehead atoms. The van der Waals surface area contributed by atoms with Gasteiger partial charge in [-0.25, -0.2) is 0 Å².